The van der Waals surface area contributed by atoms with Crippen molar-refractivity contribution in [2.75, 3.05) is 0 Å². The van der Waals surface area contributed by atoms with Crippen molar-refractivity contribution in [3.05, 3.63) is 64.7 Å². The third-order valence-corrected chi connectivity index (χ3v) is 2.67. The Morgan fingerprint density at radius 2 is 1.94 bits per heavy atom. The van der Waals surface area contributed by atoms with Gasteiger partial charge < -0.3 is 0 Å². The number of nitrogens with zero attached hydrogens (tertiary/aromatic N) is 1. The van der Waals surface area contributed by atoms with Crippen LogP contribution in [-0.4, -0.2) is 10.8 Å². The normalized spacial score (nSPS) is 10.2. The van der Waals surface area contributed by atoms with Crippen molar-refractivity contribution < 1.29 is 9.18 Å². The van der Waals surface area contributed by atoms with E-state index in [1.165, 1.54) is 18.2 Å². The molecule has 86 valence electrons. The first-order valence-electron chi connectivity index (χ1n) is 5.04. The average Bonchev–Trinajstić information content (AvgIpc) is 2.30. The van der Waals surface area contributed by atoms with Crippen LogP contribution in [-0.2, 0) is 6.42 Å². The van der Waals surface area contributed by atoms with Gasteiger partial charge in [-0.3, -0.25) is 9.78 Å². The van der Waals surface area contributed by atoms with E-state index < -0.39 is 5.82 Å². The molecule has 2 rings (SSSR count). The number of halogens is 2. The molecule has 0 aliphatic carbocycles. The van der Waals surface area contributed by atoms with Gasteiger partial charge >= 0.3 is 0 Å². The van der Waals surface area contributed by atoms with Gasteiger partial charge in [-0.15, -0.1) is 0 Å². The second-order valence-electron chi connectivity index (χ2n) is 3.55. The number of hydrogen-bond acceptors (Lipinski definition) is 2. The lowest BCUT2D eigenvalue weighted by molar-refractivity contribution is 0.0989. The predicted octanol–water partition coefficient (Wildman–Crippen LogP) is 3.30. The summed E-state index contributed by atoms with van der Waals surface area (Å²) in [6.07, 6.45) is 3.29. The molecule has 17 heavy (non-hydrogen) atoms. The van der Waals surface area contributed by atoms with Crippen molar-refractivity contribution in [1.82, 2.24) is 4.98 Å². The Labute approximate surface area is 103 Å². The monoisotopic (exact) mass is 249 g/mol. The molecule has 1 heterocycles. The molecular formula is C13H9ClFNO. The van der Waals surface area contributed by atoms with Gasteiger partial charge in [-0.05, 0) is 29.8 Å². The highest BCUT2D eigenvalue weighted by Crippen LogP contribution is 2.20. The number of aromatic nitrogens is 1. The molecule has 0 amide bonds. The first kappa shape index (κ1) is 11.7. The molecule has 2 nitrogen and oxygen atoms in total. The smallest absolute Gasteiger partial charge is 0.171 e. The van der Waals surface area contributed by atoms with Crippen LogP contribution in [0, 0.1) is 5.82 Å². The molecule has 0 aliphatic rings. The van der Waals surface area contributed by atoms with E-state index in [-0.39, 0.29) is 22.8 Å². The Hall–Kier alpha value is -1.74. The van der Waals surface area contributed by atoms with Crippen molar-refractivity contribution >= 4 is 17.4 Å². The van der Waals surface area contributed by atoms with E-state index in [9.17, 15) is 9.18 Å². The zero-order chi connectivity index (χ0) is 12.3. The standard InChI is InChI=1S/C13H9ClFNO/c14-10-2-1-3-11(15)13(10)12(17)8-9-4-6-16-7-5-9/h1-7H,8H2. The number of Topliss-reactive ketones (excluding diaryl/α,β-unsaturated/α-hetero) is 1. The summed E-state index contributed by atoms with van der Waals surface area (Å²) < 4.78 is 13.5. The Balaban J connectivity index is 2.27. The van der Waals surface area contributed by atoms with Gasteiger partial charge in [0.15, 0.2) is 5.78 Å². The number of benzene rings is 1. The highest BCUT2D eigenvalue weighted by molar-refractivity contribution is 6.34. The molecule has 0 saturated carbocycles. The Bertz CT molecular complexity index is 522. The number of carbonyl (C=O) groups excluding carboxylic acids is 1. The summed E-state index contributed by atoms with van der Waals surface area (Å²) in [6, 6.07) is 7.64. The fourth-order valence-electron chi connectivity index (χ4n) is 1.54. The quantitative estimate of drug-likeness (QED) is 0.782. The molecule has 0 unspecified atom stereocenters. The maximum atomic E-state index is 13.5. The maximum absolute atomic E-state index is 13.5. The average molecular weight is 250 g/mol. The van der Waals surface area contributed by atoms with E-state index in [4.69, 9.17) is 11.6 Å². The van der Waals surface area contributed by atoms with Gasteiger partial charge in [0.1, 0.15) is 5.82 Å². The summed E-state index contributed by atoms with van der Waals surface area (Å²) in [7, 11) is 0. The topological polar surface area (TPSA) is 30.0 Å². The van der Waals surface area contributed by atoms with Crippen LogP contribution >= 0.6 is 11.6 Å². The van der Waals surface area contributed by atoms with E-state index >= 15 is 0 Å². The highest BCUT2D eigenvalue weighted by Gasteiger charge is 2.15. The van der Waals surface area contributed by atoms with Gasteiger partial charge in [-0.2, -0.15) is 0 Å². The third kappa shape index (κ3) is 2.68. The Morgan fingerprint density at radius 3 is 2.59 bits per heavy atom. The molecule has 4 heteroatoms. The van der Waals surface area contributed by atoms with Crippen molar-refractivity contribution in [3.8, 4) is 0 Å². The molecule has 1 aromatic carbocycles. The molecule has 0 spiro atoms. The van der Waals surface area contributed by atoms with Crippen LogP contribution in [0.2, 0.25) is 5.02 Å². The molecule has 0 atom stereocenters. The van der Waals surface area contributed by atoms with Crippen molar-refractivity contribution in [1.29, 1.82) is 0 Å². The summed E-state index contributed by atoms with van der Waals surface area (Å²) in [5.41, 5.74) is 0.732. The third-order valence-electron chi connectivity index (χ3n) is 2.36. The summed E-state index contributed by atoms with van der Waals surface area (Å²) in [5, 5.41) is 0.143. The molecule has 0 bridgehead atoms. The van der Waals surface area contributed by atoms with Crippen LogP contribution < -0.4 is 0 Å². The number of carbonyl (C=O) groups is 1. The van der Waals surface area contributed by atoms with Crippen LogP contribution in [0.5, 0.6) is 0 Å². The fourth-order valence-corrected chi connectivity index (χ4v) is 1.81. The largest absolute Gasteiger partial charge is 0.294 e. The van der Waals surface area contributed by atoms with Crippen molar-refractivity contribution in [2.45, 2.75) is 6.42 Å². The molecule has 0 radical (unpaired) electrons. The zero-order valence-corrected chi connectivity index (χ0v) is 9.62. The van der Waals surface area contributed by atoms with E-state index in [1.54, 1.807) is 24.5 Å². The van der Waals surface area contributed by atoms with Crippen LogP contribution in [0.15, 0.2) is 42.7 Å². The lowest BCUT2D eigenvalue weighted by Gasteiger charge is -2.04. The second kappa shape index (κ2) is 5.06. The van der Waals surface area contributed by atoms with Crippen molar-refractivity contribution in [3.63, 3.8) is 0 Å². The lowest BCUT2D eigenvalue weighted by atomic mass is 10.0. The first-order valence-corrected chi connectivity index (χ1v) is 5.42. The minimum Gasteiger partial charge on any atom is -0.294 e. The fraction of sp³-hybridized carbons (Fsp3) is 0.0769. The van der Waals surface area contributed by atoms with Crippen LogP contribution in [0.3, 0.4) is 0 Å². The SMILES string of the molecule is O=C(Cc1ccncc1)c1c(F)cccc1Cl. The summed E-state index contributed by atoms with van der Waals surface area (Å²) in [4.78, 5) is 15.8. The Kier molecular flexibility index (Phi) is 3.49. The molecule has 1 aromatic heterocycles. The zero-order valence-electron chi connectivity index (χ0n) is 8.86. The second-order valence-corrected chi connectivity index (χ2v) is 3.96. The predicted molar refractivity (Wildman–Crippen MR) is 63.7 cm³/mol. The van der Waals surface area contributed by atoms with Gasteiger partial charge in [-0.25, -0.2) is 4.39 Å². The summed E-state index contributed by atoms with van der Waals surface area (Å²) >= 11 is 5.82. The van der Waals surface area contributed by atoms with E-state index in [0.29, 0.717) is 0 Å². The molecule has 0 N–H and O–H groups in total. The molecule has 0 saturated heterocycles. The summed E-state index contributed by atoms with van der Waals surface area (Å²) in [5.74, 6) is -0.921. The first-order chi connectivity index (χ1) is 8.18. The minimum atomic E-state index is -0.587. The number of hydrogen-bond donors (Lipinski definition) is 0. The molecular weight excluding hydrogens is 241 g/mol. The van der Waals surface area contributed by atoms with E-state index in [1.807, 2.05) is 0 Å². The minimum absolute atomic E-state index is 0.0500. The van der Waals surface area contributed by atoms with Crippen LogP contribution in [0.1, 0.15) is 15.9 Å². The van der Waals surface area contributed by atoms with Crippen LogP contribution in [0.25, 0.3) is 0 Å². The van der Waals surface area contributed by atoms with Gasteiger partial charge in [0.2, 0.25) is 0 Å². The number of rotatable bonds is 3. The summed E-state index contributed by atoms with van der Waals surface area (Å²) in [6.45, 7) is 0. The van der Waals surface area contributed by atoms with Gasteiger partial charge in [0.25, 0.3) is 0 Å². The molecule has 0 fully saturated rings. The lowest BCUT2D eigenvalue weighted by Crippen LogP contribution is -2.07. The molecule has 0 aliphatic heterocycles. The van der Waals surface area contributed by atoms with E-state index in [2.05, 4.69) is 4.98 Å². The Morgan fingerprint density at radius 1 is 1.24 bits per heavy atom. The van der Waals surface area contributed by atoms with Gasteiger partial charge in [0.05, 0.1) is 10.6 Å². The molecule has 2 aromatic rings. The van der Waals surface area contributed by atoms with Gasteiger partial charge in [0, 0.05) is 18.8 Å². The maximum Gasteiger partial charge on any atom is 0.171 e. The number of pyridine rings is 1. The van der Waals surface area contributed by atoms with Crippen LogP contribution in [0.4, 0.5) is 4.39 Å². The van der Waals surface area contributed by atoms with Crippen molar-refractivity contribution in [2.24, 2.45) is 0 Å². The van der Waals surface area contributed by atoms with Gasteiger partial charge in [-0.1, -0.05) is 17.7 Å². The van der Waals surface area contributed by atoms with E-state index in [0.717, 1.165) is 5.56 Å². The number of ketones is 1. The highest BCUT2D eigenvalue weighted by atomic mass is 35.5.